The number of aromatic nitrogens is 3. The van der Waals surface area contributed by atoms with E-state index in [1.807, 2.05) is 22.8 Å². The highest BCUT2D eigenvalue weighted by Gasteiger charge is 2.28. The number of rotatable bonds is 6. The van der Waals surface area contributed by atoms with E-state index in [1.54, 1.807) is 11.8 Å². The number of thioether (sulfide) groups is 1. The van der Waals surface area contributed by atoms with Gasteiger partial charge in [-0.25, -0.2) is 0 Å². The number of nitrogen functional groups attached to an aromatic ring is 1. The van der Waals surface area contributed by atoms with E-state index in [-0.39, 0.29) is 0 Å². The molecule has 1 aromatic carbocycles. The summed E-state index contributed by atoms with van der Waals surface area (Å²) in [6.45, 7) is 2.70. The molecule has 1 aromatic heterocycles. The Labute approximate surface area is 122 Å². The van der Waals surface area contributed by atoms with E-state index in [2.05, 4.69) is 23.2 Å². The molecule has 0 atom stereocenters. The number of nitrogens with two attached hydrogens (primary N) is 1. The summed E-state index contributed by atoms with van der Waals surface area (Å²) in [5.74, 6) is 2.27. The molecule has 5 nitrogen and oxygen atoms in total. The topological polar surface area (TPSA) is 66.0 Å². The van der Waals surface area contributed by atoms with Gasteiger partial charge in [-0.2, -0.15) is 0 Å². The number of hydrogen-bond acceptors (Lipinski definition) is 5. The van der Waals surface area contributed by atoms with Crippen molar-refractivity contribution >= 4 is 17.7 Å². The summed E-state index contributed by atoms with van der Waals surface area (Å²) >= 11 is 1.64. The number of ether oxygens (including phenoxy) is 1. The van der Waals surface area contributed by atoms with E-state index in [0.29, 0.717) is 18.6 Å². The maximum atomic E-state index is 5.84. The lowest BCUT2D eigenvalue weighted by Gasteiger charge is -2.08. The Kier molecular flexibility index (Phi) is 3.82. The van der Waals surface area contributed by atoms with Crippen molar-refractivity contribution in [2.45, 2.75) is 31.0 Å². The van der Waals surface area contributed by atoms with Gasteiger partial charge < -0.3 is 10.5 Å². The van der Waals surface area contributed by atoms with Crippen molar-refractivity contribution in [3.05, 3.63) is 29.8 Å². The number of nitrogens with zero attached hydrogens (tertiary/aromatic N) is 3. The van der Waals surface area contributed by atoms with Crippen molar-refractivity contribution < 1.29 is 4.74 Å². The Morgan fingerprint density at radius 1 is 1.40 bits per heavy atom. The van der Waals surface area contributed by atoms with Crippen molar-refractivity contribution in [1.29, 1.82) is 0 Å². The van der Waals surface area contributed by atoms with Crippen molar-refractivity contribution in [3.8, 4) is 5.75 Å². The molecule has 0 amide bonds. The molecule has 3 rings (SSSR count). The normalized spacial score (nSPS) is 14.4. The van der Waals surface area contributed by atoms with E-state index in [1.165, 1.54) is 18.4 Å². The van der Waals surface area contributed by atoms with Crippen LogP contribution in [0.25, 0.3) is 0 Å². The Morgan fingerprint density at radius 3 is 3.00 bits per heavy atom. The average molecular weight is 290 g/mol. The lowest BCUT2D eigenvalue weighted by Crippen LogP contribution is -2.04. The van der Waals surface area contributed by atoms with Gasteiger partial charge >= 0.3 is 0 Å². The lowest BCUT2D eigenvalue weighted by atomic mass is 10.2. The fourth-order valence-corrected chi connectivity index (χ4v) is 2.89. The third-order valence-corrected chi connectivity index (χ3v) is 4.08. The van der Waals surface area contributed by atoms with Crippen LogP contribution in [0.15, 0.2) is 29.4 Å². The Morgan fingerprint density at radius 2 is 2.25 bits per heavy atom. The van der Waals surface area contributed by atoms with E-state index >= 15 is 0 Å². The summed E-state index contributed by atoms with van der Waals surface area (Å²) in [7, 11) is 0. The maximum Gasteiger partial charge on any atom is 0.222 e. The van der Waals surface area contributed by atoms with Crippen LogP contribution >= 0.6 is 11.8 Å². The summed E-state index contributed by atoms with van der Waals surface area (Å²) in [4.78, 5) is 0. The summed E-state index contributed by atoms with van der Waals surface area (Å²) in [5, 5.41) is 8.99. The second-order valence-corrected chi connectivity index (χ2v) is 6.02. The molecule has 1 aliphatic rings. The minimum atomic E-state index is 0.505. The second kappa shape index (κ2) is 5.75. The van der Waals surface area contributed by atoms with Gasteiger partial charge in [-0.3, -0.25) is 4.57 Å². The van der Waals surface area contributed by atoms with Gasteiger partial charge in [-0.05, 0) is 37.5 Å². The Hall–Kier alpha value is -1.69. The van der Waals surface area contributed by atoms with Crippen LogP contribution in [0.2, 0.25) is 0 Å². The Balaban J connectivity index is 1.50. The van der Waals surface area contributed by atoms with Crippen molar-refractivity contribution in [3.63, 3.8) is 0 Å². The Bertz CT molecular complexity index is 595. The summed E-state index contributed by atoms with van der Waals surface area (Å²) in [6.07, 6.45) is 2.35. The fraction of sp³-hybridized carbons (Fsp3) is 0.429. The standard InChI is InChI=1S/C14H18N4OS/c1-10-3-2-4-12(9-10)19-7-8-20-14-17-16-13(15)18(14)11-5-6-11/h2-4,9,11H,5-8H2,1H3,(H2,15,16). The van der Waals surface area contributed by atoms with Gasteiger partial charge in [0.05, 0.1) is 6.61 Å². The molecule has 106 valence electrons. The van der Waals surface area contributed by atoms with Gasteiger partial charge in [0.15, 0.2) is 5.16 Å². The number of benzene rings is 1. The summed E-state index contributed by atoms with van der Waals surface area (Å²) in [6, 6.07) is 8.58. The molecular formula is C14H18N4OS. The third-order valence-electron chi connectivity index (χ3n) is 3.18. The summed E-state index contributed by atoms with van der Waals surface area (Å²) < 4.78 is 7.76. The minimum absolute atomic E-state index is 0.505. The predicted octanol–water partition coefficient (Wildman–Crippen LogP) is 2.67. The van der Waals surface area contributed by atoms with E-state index in [0.717, 1.165) is 16.7 Å². The first kappa shape index (κ1) is 13.3. The van der Waals surface area contributed by atoms with Crippen LogP contribution in [-0.4, -0.2) is 27.1 Å². The van der Waals surface area contributed by atoms with Crippen molar-refractivity contribution in [2.75, 3.05) is 18.1 Å². The molecule has 0 radical (unpaired) electrons. The van der Waals surface area contributed by atoms with E-state index in [4.69, 9.17) is 10.5 Å². The molecule has 20 heavy (non-hydrogen) atoms. The highest BCUT2D eigenvalue weighted by molar-refractivity contribution is 7.99. The quantitative estimate of drug-likeness (QED) is 0.654. The third kappa shape index (κ3) is 3.07. The molecule has 2 N–H and O–H groups in total. The van der Waals surface area contributed by atoms with Gasteiger partial charge in [0, 0.05) is 11.8 Å². The van der Waals surface area contributed by atoms with Crippen LogP contribution in [0.5, 0.6) is 5.75 Å². The van der Waals surface area contributed by atoms with Crippen molar-refractivity contribution in [2.24, 2.45) is 0 Å². The van der Waals surface area contributed by atoms with Crippen LogP contribution in [0, 0.1) is 6.92 Å². The number of anilines is 1. The minimum Gasteiger partial charge on any atom is -0.493 e. The van der Waals surface area contributed by atoms with E-state index < -0.39 is 0 Å². The number of hydrogen-bond donors (Lipinski definition) is 1. The molecule has 1 saturated carbocycles. The molecule has 1 fully saturated rings. The first-order chi connectivity index (χ1) is 9.74. The largest absolute Gasteiger partial charge is 0.493 e. The molecule has 0 unspecified atom stereocenters. The van der Waals surface area contributed by atoms with Crippen molar-refractivity contribution in [1.82, 2.24) is 14.8 Å². The zero-order chi connectivity index (χ0) is 13.9. The zero-order valence-corrected chi connectivity index (χ0v) is 12.3. The van der Waals surface area contributed by atoms with Crippen LogP contribution in [0.4, 0.5) is 5.95 Å². The molecule has 2 aromatic rings. The monoisotopic (exact) mass is 290 g/mol. The molecule has 0 spiro atoms. The van der Waals surface area contributed by atoms with Crippen LogP contribution < -0.4 is 10.5 Å². The first-order valence-electron chi connectivity index (χ1n) is 6.76. The maximum absolute atomic E-state index is 5.84. The van der Waals surface area contributed by atoms with Crippen LogP contribution in [0.3, 0.4) is 0 Å². The fourth-order valence-electron chi connectivity index (χ4n) is 2.06. The zero-order valence-electron chi connectivity index (χ0n) is 11.5. The van der Waals surface area contributed by atoms with Gasteiger partial charge in [-0.1, -0.05) is 23.9 Å². The average Bonchev–Trinajstić information content (AvgIpc) is 3.19. The molecule has 6 heteroatoms. The van der Waals surface area contributed by atoms with Gasteiger partial charge in [-0.15, -0.1) is 10.2 Å². The molecule has 1 aliphatic carbocycles. The summed E-state index contributed by atoms with van der Waals surface area (Å²) in [5.41, 5.74) is 7.04. The molecule has 0 bridgehead atoms. The molecule has 0 saturated heterocycles. The highest BCUT2D eigenvalue weighted by atomic mass is 32.2. The molecular weight excluding hydrogens is 272 g/mol. The smallest absolute Gasteiger partial charge is 0.222 e. The lowest BCUT2D eigenvalue weighted by molar-refractivity contribution is 0.343. The number of aryl methyl sites for hydroxylation is 1. The van der Waals surface area contributed by atoms with Gasteiger partial charge in [0.2, 0.25) is 5.95 Å². The second-order valence-electron chi connectivity index (χ2n) is 4.96. The SMILES string of the molecule is Cc1cccc(OCCSc2nnc(N)n2C2CC2)c1. The molecule has 0 aliphatic heterocycles. The van der Waals surface area contributed by atoms with Gasteiger partial charge in [0.25, 0.3) is 0 Å². The van der Waals surface area contributed by atoms with E-state index in [9.17, 15) is 0 Å². The highest BCUT2D eigenvalue weighted by Crippen LogP contribution is 2.39. The van der Waals surface area contributed by atoms with Crippen LogP contribution in [0.1, 0.15) is 24.4 Å². The van der Waals surface area contributed by atoms with Gasteiger partial charge in [0.1, 0.15) is 5.75 Å². The predicted molar refractivity (Wildman–Crippen MR) is 80.1 cm³/mol. The first-order valence-corrected chi connectivity index (χ1v) is 7.75. The molecule has 1 heterocycles. The van der Waals surface area contributed by atoms with Crippen LogP contribution in [-0.2, 0) is 0 Å².